The molecule has 0 saturated heterocycles. The topological polar surface area (TPSA) is 75.4 Å². The van der Waals surface area contributed by atoms with Crippen molar-refractivity contribution >= 4 is 22.9 Å². The van der Waals surface area contributed by atoms with E-state index in [2.05, 4.69) is 4.98 Å². The minimum atomic E-state index is -0.987. The van der Waals surface area contributed by atoms with Gasteiger partial charge in [-0.05, 0) is 39.0 Å². The summed E-state index contributed by atoms with van der Waals surface area (Å²) in [7, 11) is 1.76. The van der Waals surface area contributed by atoms with Gasteiger partial charge in [-0.25, -0.2) is 9.78 Å². The predicted octanol–water partition coefficient (Wildman–Crippen LogP) is 2.08. The Morgan fingerprint density at radius 1 is 1.43 bits per heavy atom. The van der Waals surface area contributed by atoms with Gasteiger partial charge in [0.05, 0.1) is 16.6 Å². The van der Waals surface area contributed by atoms with E-state index < -0.39 is 5.97 Å². The monoisotopic (exact) mass is 289 g/mol. The number of carboxylic acids is 1. The van der Waals surface area contributed by atoms with E-state index in [1.54, 1.807) is 18.0 Å². The fraction of sp³-hybridized carbons (Fsp3) is 0.400. The van der Waals surface area contributed by atoms with E-state index in [1.807, 2.05) is 25.3 Å². The Balaban J connectivity index is 2.52. The number of aryl methyl sites for hydroxylation is 1. The van der Waals surface area contributed by atoms with Gasteiger partial charge in [-0.15, -0.1) is 0 Å². The van der Waals surface area contributed by atoms with Gasteiger partial charge in [0.15, 0.2) is 0 Å². The number of carbonyl (C=O) groups is 2. The molecule has 1 N–H and O–H groups in total. The van der Waals surface area contributed by atoms with Crippen molar-refractivity contribution in [2.45, 2.75) is 26.8 Å². The molecule has 1 aromatic carbocycles. The average Bonchev–Trinajstić information content (AvgIpc) is 2.79. The van der Waals surface area contributed by atoms with Gasteiger partial charge in [0.1, 0.15) is 11.9 Å². The van der Waals surface area contributed by atoms with Crippen molar-refractivity contribution < 1.29 is 14.7 Å². The third kappa shape index (κ3) is 2.61. The second-order valence-electron chi connectivity index (χ2n) is 5.07. The summed E-state index contributed by atoms with van der Waals surface area (Å²) >= 11 is 0. The van der Waals surface area contributed by atoms with Gasteiger partial charge in [0.2, 0.25) is 5.91 Å². The molecule has 1 amide bonds. The molecular formula is C15H19N3O3. The number of nitrogens with zero attached hydrogens (tertiary/aromatic N) is 3. The third-order valence-electron chi connectivity index (χ3n) is 3.71. The van der Waals surface area contributed by atoms with Gasteiger partial charge in [0, 0.05) is 13.6 Å². The maximum atomic E-state index is 12.3. The summed E-state index contributed by atoms with van der Waals surface area (Å²) in [4.78, 5) is 29.4. The molecule has 6 heteroatoms. The van der Waals surface area contributed by atoms with Gasteiger partial charge in [0.25, 0.3) is 0 Å². The highest BCUT2D eigenvalue weighted by atomic mass is 16.4. The number of rotatable bonds is 4. The summed E-state index contributed by atoms with van der Waals surface area (Å²) in [6, 6.07) is 4.38. The lowest BCUT2D eigenvalue weighted by atomic mass is 10.2. The number of aromatic nitrogens is 2. The Morgan fingerprint density at radius 3 is 2.67 bits per heavy atom. The lowest BCUT2D eigenvalue weighted by Gasteiger charge is -2.22. The zero-order valence-electron chi connectivity index (χ0n) is 12.6. The van der Waals surface area contributed by atoms with Crippen LogP contribution in [-0.4, -0.2) is 45.0 Å². The second kappa shape index (κ2) is 5.55. The lowest BCUT2D eigenvalue weighted by Crippen LogP contribution is -2.33. The summed E-state index contributed by atoms with van der Waals surface area (Å²) in [5.74, 6) is -0.293. The molecule has 6 nitrogen and oxygen atoms in total. The number of amides is 1. The number of carbonyl (C=O) groups excluding carboxylic acids is 1. The normalized spacial score (nSPS) is 12.4. The van der Waals surface area contributed by atoms with E-state index >= 15 is 0 Å². The number of hydrogen-bond donors (Lipinski definition) is 1. The summed E-state index contributed by atoms with van der Waals surface area (Å²) in [5, 5.41) is 9.03. The molecular weight excluding hydrogens is 270 g/mol. The molecule has 0 radical (unpaired) electrons. The molecule has 0 aliphatic heterocycles. The van der Waals surface area contributed by atoms with Crippen LogP contribution in [0.4, 0.5) is 0 Å². The van der Waals surface area contributed by atoms with Crippen LogP contribution >= 0.6 is 0 Å². The third-order valence-corrected chi connectivity index (χ3v) is 3.71. The maximum Gasteiger partial charge on any atom is 0.335 e. The molecule has 1 unspecified atom stereocenters. The molecule has 0 fully saturated rings. The number of hydrogen-bond acceptors (Lipinski definition) is 3. The van der Waals surface area contributed by atoms with Gasteiger partial charge < -0.3 is 14.6 Å². The largest absolute Gasteiger partial charge is 0.478 e. The molecule has 1 heterocycles. The van der Waals surface area contributed by atoms with Crippen molar-refractivity contribution in [2.75, 3.05) is 13.6 Å². The highest BCUT2D eigenvalue weighted by Crippen LogP contribution is 2.23. The highest BCUT2D eigenvalue weighted by molar-refractivity contribution is 5.93. The van der Waals surface area contributed by atoms with E-state index in [4.69, 9.17) is 5.11 Å². The summed E-state index contributed by atoms with van der Waals surface area (Å²) in [6.07, 6.45) is 0. The zero-order valence-corrected chi connectivity index (χ0v) is 12.6. The minimum absolute atomic E-state index is 0.00205. The van der Waals surface area contributed by atoms with E-state index in [0.717, 1.165) is 5.52 Å². The van der Waals surface area contributed by atoms with E-state index in [1.165, 1.54) is 12.1 Å². The number of fused-ring (bicyclic) bond motifs is 1. The Bertz CT molecular complexity index is 705. The van der Waals surface area contributed by atoms with E-state index in [-0.39, 0.29) is 17.5 Å². The van der Waals surface area contributed by atoms with Crippen LogP contribution in [0.25, 0.3) is 11.0 Å². The van der Waals surface area contributed by atoms with Crippen molar-refractivity contribution in [3.8, 4) is 0 Å². The Morgan fingerprint density at radius 2 is 2.10 bits per heavy atom. The molecule has 2 aromatic rings. The number of benzene rings is 1. The Labute approximate surface area is 123 Å². The summed E-state index contributed by atoms with van der Waals surface area (Å²) in [6.45, 7) is 6.20. The van der Waals surface area contributed by atoms with Crippen LogP contribution in [0.1, 0.15) is 36.1 Å². The SMILES string of the molecule is CCN(C)C(=O)C(C)n1c(C)nc2cc(C(=O)O)ccc21. The summed E-state index contributed by atoms with van der Waals surface area (Å²) < 4.78 is 1.84. The van der Waals surface area contributed by atoms with E-state index in [9.17, 15) is 9.59 Å². The number of imidazole rings is 1. The molecule has 0 spiro atoms. The van der Waals surface area contributed by atoms with Gasteiger partial charge >= 0.3 is 5.97 Å². The van der Waals surface area contributed by atoms with Crippen molar-refractivity contribution in [1.82, 2.24) is 14.5 Å². The first-order valence-electron chi connectivity index (χ1n) is 6.83. The molecule has 0 bridgehead atoms. The van der Waals surface area contributed by atoms with Crippen LogP contribution in [0.5, 0.6) is 0 Å². The number of likely N-dealkylation sites (N-methyl/N-ethyl adjacent to an activating group) is 1. The standard InChI is InChI=1S/C15H19N3O3/c1-5-17(4)14(19)9(2)18-10(3)16-12-8-11(15(20)21)6-7-13(12)18/h6-9H,5H2,1-4H3,(H,20,21). The maximum absolute atomic E-state index is 12.3. The Kier molecular flexibility index (Phi) is 3.97. The number of aromatic carboxylic acids is 1. The molecule has 0 aliphatic carbocycles. The first kappa shape index (κ1) is 15.0. The van der Waals surface area contributed by atoms with Crippen molar-refractivity contribution in [3.63, 3.8) is 0 Å². The molecule has 0 saturated carbocycles. The van der Waals surface area contributed by atoms with E-state index in [0.29, 0.717) is 17.9 Å². The first-order valence-corrected chi connectivity index (χ1v) is 6.83. The average molecular weight is 289 g/mol. The molecule has 112 valence electrons. The zero-order chi connectivity index (χ0) is 15.7. The smallest absolute Gasteiger partial charge is 0.335 e. The van der Waals surface area contributed by atoms with Gasteiger partial charge in [-0.1, -0.05) is 0 Å². The molecule has 2 rings (SSSR count). The van der Waals surface area contributed by atoms with Crippen LogP contribution in [-0.2, 0) is 4.79 Å². The Hall–Kier alpha value is -2.37. The van der Waals surface area contributed by atoms with Gasteiger partial charge in [-0.2, -0.15) is 0 Å². The molecule has 1 atom stereocenters. The second-order valence-corrected chi connectivity index (χ2v) is 5.07. The lowest BCUT2D eigenvalue weighted by molar-refractivity contribution is -0.132. The summed E-state index contributed by atoms with van der Waals surface area (Å²) in [5.41, 5.74) is 1.55. The predicted molar refractivity (Wildman–Crippen MR) is 79.5 cm³/mol. The van der Waals surface area contributed by atoms with Crippen molar-refractivity contribution in [3.05, 3.63) is 29.6 Å². The molecule has 1 aromatic heterocycles. The molecule has 21 heavy (non-hydrogen) atoms. The van der Waals surface area contributed by atoms with Gasteiger partial charge in [-0.3, -0.25) is 4.79 Å². The van der Waals surface area contributed by atoms with Crippen molar-refractivity contribution in [2.24, 2.45) is 0 Å². The first-order chi connectivity index (χ1) is 9.86. The van der Waals surface area contributed by atoms with Crippen molar-refractivity contribution in [1.29, 1.82) is 0 Å². The fourth-order valence-corrected chi connectivity index (χ4v) is 2.43. The quantitative estimate of drug-likeness (QED) is 0.935. The molecule has 0 aliphatic rings. The number of carboxylic acid groups (broad SMARTS) is 1. The van der Waals surface area contributed by atoms with Crippen LogP contribution in [0.15, 0.2) is 18.2 Å². The minimum Gasteiger partial charge on any atom is -0.478 e. The van der Waals surface area contributed by atoms with Crippen LogP contribution in [0.2, 0.25) is 0 Å². The fourth-order valence-electron chi connectivity index (χ4n) is 2.43. The van der Waals surface area contributed by atoms with Crippen LogP contribution in [0.3, 0.4) is 0 Å². The van der Waals surface area contributed by atoms with Crippen LogP contribution in [0, 0.1) is 6.92 Å². The van der Waals surface area contributed by atoms with Crippen LogP contribution < -0.4 is 0 Å². The highest BCUT2D eigenvalue weighted by Gasteiger charge is 2.22.